The van der Waals surface area contributed by atoms with Gasteiger partial charge in [-0.25, -0.2) is 13.4 Å². The van der Waals surface area contributed by atoms with E-state index in [1.165, 1.54) is 16.6 Å². The first-order chi connectivity index (χ1) is 7.89. The molecule has 0 aliphatic rings. The highest BCUT2D eigenvalue weighted by Crippen LogP contribution is 2.22. The number of sulfonamides is 1. The third kappa shape index (κ3) is 3.40. The Kier molecular flexibility index (Phi) is 4.91. The Morgan fingerprint density at radius 1 is 1.47 bits per heavy atom. The van der Waals surface area contributed by atoms with Gasteiger partial charge < -0.3 is 0 Å². The van der Waals surface area contributed by atoms with Crippen molar-refractivity contribution in [3.05, 3.63) is 23.5 Å². The third-order valence-corrected chi connectivity index (χ3v) is 4.65. The van der Waals surface area contributed by atoms with E-state index >= 15 is 0 Å². The molecule has 1 heterocycles. The van der Waals surface area contributed by atoms with Crippen LogP contribution in [0.3, 0.4) is 0 Å². The number of rotatable bonds is 5. The van der Waals surface area contributed by atoms with Gasteiger partial charge in [0.2, 0.25) is 10.0 Å². The van der Waals surface area contributed by atoms with Gasteiger partial charge in [0, 0.05) is 19.3 Å². The van der Waals surface area contributed by atoms with Gasteiger partial charge in [-0.3, -0.25) is 0 Å². The molecule has 0 bridgehead atoms. The first-order valence-electron chi connectivity index (χ1n) is 5.50. The smallest absolute Gasteiger partial charge is 0.243 e. The maximum Gasteiger partial charge on any atom is 0.246 e. The van der Waals surface area contributed by atoms with Crippen LogP contribution in [-0.2, 0) is 10.0 Å². The maximum absolute atomic E-state index is 12.3. The molecule has 0 amide bonds. The molecule has 6 heteroatoms. The van der Waals surface area contributed by atoms with E-state index in [-0.39, 0.29) is 16.0 Å². The van der Waals surface area contributed by atoms with Crippen LogP contribution in [0.15, 0.2) is 23.2 Å². The van der Waals surface area contributed by atoms with Gasteiger partial charge in [0.15, 0.2) is 0 Å². The Bertz CT molecular complexity index is 474. The van der Waals surface area contributed by atoms with E-state index < -0.39 is 10.0 Å². The van der Waals surface area contributed by atoms with Crippen LogP contribution >= 0.6 is 11.6 Å². The molecule has 0 aliphatic heterocycles. The van der Waals surface area contributed by atoms with Gasteiger partial charge in [0.1, 0.15) is 10.0 Å². The summed E-state index contributed by atoms with van der Waals surface area (Å²) < 4.78 is 26.1. The molecule has 0 saturated heterocycles. The van der Waals surface area contributed by atoms with Crippen LogP contribution < -0.4 is 0 Å². The van der Waals surface area contributed by atoms with E-state index in [0.717, 1.165) is 0 Å². The van der Waals surface area contributed by atoms with Crippen molar-refractivity contribution in [1.29, 1.82) is 0 Å². The molecule has 1 rings (SSSR count). The molecular weight excluding hydrogens is 260 g/mol. The highest BCUT2D eigenvalue weighted by molar-refractivity contribution is 7.89. The lowest BCUT2D eigenvalue weighted by Gasteiger charge is -2.22. The predicted octanol–water partition coefficient (Wildman–Crippen LogP) is 2.40. The van der Waals surface area contributed by atoms with Crippen molar-refractivity contribution in [3.8, 4) is 0 Å². The molecule has 96 valence electrons. The Hall–Kier alpha value is -0.650. The van der Waals surface area contributed by atoms with Crippen molar-refractivity contribution < 1.29 is 8.42 Å². The molecule has 0 fully saturated rings. The van der Waals surface area contributed by atoms with Crippen molar-refractivity contribution in [1.82, 2.24) is 9.29 Å². The van der Waals surface area contributed by atoms with Crippen LogP contribution in [0.2, 0.25) is 5.15 Å². The van der Waals surface area contributed by atoms with Crippen molar-refractivity contribution >= 4 is 21.6 Å². The molecule has 0 radical (unpaired) electrons. The summed E-state index contributed by atoms with van der Waals surface area (Å²) in [4.78, 5) is 3.87. The molecule has 1 aromatic heterocycles. The molecule has 0 saturated carbocycles. The van der Waals surface area contributed by atoms with E-state index in [9.17, 15) is 8.42 Å². The molecule has 1 aromatic rings. The first kappa shape index (κ1) is 14.4. The monoisotopic (exact) mass is 276 g/mol. The van der Waals surface area contributed by atoms with E-state index in [1.54, 1.807) is 6.07 Å². The number of pyridine rings is 1. The van der Waals surface area contributed by atoms with Crippen LogP contribution in [-0.4, -0.2) is 30.8 Å². The average molecular weight is 277 g/mol. The van der Waals surface area contributed by atoms with Gasteiger partial charge in [0.05, 0.1) is 0 Å². The standard InChI is InChI=1S/C11H17ClN2O2S/c1-4-14(8-9(2)3)17(15,16)10-6-5-7-13-11(10)12/h5-7,9H,4,8H2,1-3H3. The fraction of sp³-hybridized carbons (Fsp3) is 0.545. The SMILES string of the molecule is CCN(CC(C)C)S(=O)(=O)c1cccnc1Cl. The second-order valence-electron chi connectivity index (χ2n) is 4.14. The summed E-state index contributed by atoms with van der Waals surface area (Å²) >= 11 is 5.83. The quantitative estimate of drug-likeness (QED) is 0.776. The lowest BCUT2D eigenvalue weighted by atomic mass is 10.2. The Morgan fingerprint density at radius 3 is 2.59 bits per heavy atom. The second-order valence-corrected chi connectivity index (χ2v) is 6.41. The number of halogens is 1. The largest absolute Gasteiger partial charge is 0.246 e. The Labute approximate surface area is 108 Å². The summed E-state index contributed by atoms with van der Waals surface area (Å²) in [7, 11) is -3.54. The number of aromatic nitrogens is 1. The summed E-state index contributed by atoms with van der Waals surface area (Å²) in [6, 6.07) is 3.05. The van der Waals surface area contributed by atoms with Gasteiger partial charge in [-0.2, -0.15) is 4.31 Å². The van der Waals surface area contributed by atoms with Crippen molar-refractivity contribution in [2.75, 3.05) is 13.1 Å². The van der Waals surface area contributed by atoms with Gasteiger partial charge >= 0.3 is 0 Å². The summed E-state index contributed by atoms with van der Waals surface area (Å²) in [5.41, 5.74) is 0. The number of hydrogen-bond acceptors (Lipinski definition) is 3. The molecule has 0 spiro atoms. The van der Waals surface area contributed by atoms with Gasteiger partial charge in [-0.1, -0.05) is 32.4 Å². The number of hydrogen-bond donors (Lipinski definition) is 0. The minimum atomic E-state index is -3.54. The molecule has 0 unspecified atom stereocenters. The van der Waals surface area contributed by atoms with Crippen molar-refractivity contribution in [2.45, 2.75) is 25.7 Å². The highest BCUT2D eigenvalue weighted by Gasteiger charge is 2.26. The maximum atomic E-state index is 12.3. The van der Waals surface area contributed by atoms with Crippen molar-refractivity contribution in [2.24, 2.45) is 5.92 Å². The topological polar surface area (TPSA) is 50.3 Å². The average Bonchev–Trinajstić information content (AvgIpc) is 2.25. The Balaban J connectivity index is 3.14. The number of nitrogens with zero attached hydrogens (tertiary/aromatic N) is 2. The fourth-order valence-corrected chi connectivity index (χ4v) is 3.55. The first-order valence-corrected chi connectivity index (χ1v) is 7.32. The third-order valence-electron chi connectivity index (χ3n) is 2.26. The fourth-order valence-electron chi connectivity index (χ4n) is 1.51. The van der Waals surface area contributed by atoms with Crippen LogP contribution in [0.25, 0.3) is 0 Å². The van der Waals surface area contributed by atoms with Gasteiger partial charge in [-0.05, 0) is 18.1 Å². The zero-order chi connectivity index (χ0) is 13.1. The summed E-state index contributed by atoms with van der Waals surface area (Å²) in [5.74, 6) is 0.264. The molecule has 17 heavy (non-hydrogen) atoms. The molecule has 0 aliphatic carbocycles. The van der Waals surface area contributed by atoms with E-state index in [2.05, 4.69) is 4.98 Å². The van der Waals surface area contributed by atoms with Crippen molar-refractivity contribution in [3.63, 3.8) is 0 Å². The predicted molar refractivity (Wildman–Crippen MR) is 68.5 cm³/mol. The second kappa shape index (κ2) is 5.80. The van der Waals surface area contributed by atoms with Crippen LogP contribution in [0.1, 0.15) is 20.8 Å². The zero-order valence-electron chi connectivity index (χ0n) is 10.2. The van der Waals surface area contributed by atoms with E-state index in [0.29, 0.717) is 13.1 Å². The molecule has 0 atom stereocenters. The summed E-state index contributed by atoms with van der Waals surface area (Å²) in [6.07, 6.45) is 1.47. The summed E-state index contributed by atoms with van der Waals surface area (Å²) in [5, 5.41) is 0.0229. The van der Waals surface area contributed by atoms with Gasteiger partial charge in [-0.15, -0.1) is 0 Å². The minimum absolute atomic E-state index is 0.0229. The van der Waals surface area contributed by atoms with Crippen LogP contribution in [0, 0.1) is 5.92 Å². The zero-order valence-corrected chi connectivity index (χ0v) is 11.8. The van der Waals surface area contributed by atoms with Crippen LogP contribution in [0.5, 0.6) is 0 Å². The minimum Gasteiger partial charge on any atom is -0.243 e. The van der Waals surface area contributed by atoms with Crippen LogP contribution in [0.4, 0.5) is 0 Å². The lowest BCUT2D eigenvalue weighted by Crippen LogP contribution is -2.34. The highest BCUT2D eigenvalue weighted by atomic mass is 35.5. The lowest BCUT2D eigenvalue weighted by molar-refractivity contribution is 0.381. The Morgan fingerprint density at radius 2 is 2.12 bits per heavy atom. The van der Waals surface area contributed by atoms with E-state index in [4.69, 9.17) is 11.6 Å². The molecule has 0 aromatic carbocycles. The van der Waals surface area contributed by atoms with E-state index in [1.807, 2.05) is 20.8 Å². The normalized spacial score (nSPS) is 12.4. The molecule has 0 N–H and O–H groups in total. The summed E-state index contributed by atoms with van der Waals surface area (Å²) in [6.45, 7) is 6.66. The molecular formula is C11H17ClN2O2S. The van der Waals surface area contributed by atoms with Gasteiger partial charge in [0.25, 0.3) is 0 Å². The molecule has 4 nitrogen and oxygen atoms in total.